The van der Waals surface area contributed by atoms with Crippen LogP contribution < -0.4 is 10.6 Å². The molecule has 1 aromatic carbocycles. The van der Waals surface area contributed by atoms with Crippen molar-refractivity contribution in [2.24, 2.45) is 5.92 Å². The summed E-state index contributed by atoms with van der Waals surface area (Å²) >= 11 is 0. The van der Waals surface area contributed by atoms with Crippen LogP contribution in [0.5, 0.6) is 0 Å². The van der Waals surface area contributed by atoms with E-state index in [1.54, 1.807) is 12.1 Å². The average Bonchev–Trinajstić information content (AvgIpc) is 2.93. The van der Waals surface area contributed by atoms with Crippen LogP contribution >= 0.6 is 0 Å². The SMILES string of the molecule is CCCNC(=O)NC(=O)COC(=O)[C@H](CC(C)C)N1C(=O)c2ccccc2C1=O. The van der Waals surface area contributed by atoms with Crippen molar-refractivity contribution < 1.29 is 28.7 Å². The second-order valence-corrected chi connectivity index (χ2v) is 7.08. The first-order chi connectivity index (χ1) is 13.8. The van der Waals surface area contributed by atoms with Gasteiger partial charge in [0.1, 0.15) is 6.04 Å². The van der Waals surface area contributed by atoms with E-state index in [0.717, 1.165) is 4.90 Å². The quantitative estimate of drug-likeness (QED) is 0.501. The number of hydrogen-bond acceptors (Lipinski definition) is 6. The van der Waals surface area contributed by atoms with Crippen LogP contribution in [0.15, 0.2) is 24.3 Å². The highest BCUT2D eigenvalue weighted by atomic mass is 16.5. The molecule has 1 aromatic rings. The Balaban J connectivity index is 2.06. The topological polar surface area (TPSA) is 122 Å². The van der Waals surface area contributed by atoms with E-state index in [1.807, 2.05) is 26.1 Å². The molecular formula is C20H25N3O6. The zero-order valence-electron chi connectivity index (χ0n) is 16.7. The second-order valence-electron chi connectivity index (χ2n) is 7.08. The molecule has 29 heavy (non-hydrogen) atoms. The first kappa shape index (κ1) is 22.1. The van der Waals surface area contributed by atoms with Crippen molar-refractivity contribution in [3.8, 4) is 0 Å². The minimum Gasteiger partial charge on any atom is -0.454 e. The molecule has 156 valence electrons. The first-order valence-corrected chi connectivity index (χ1v) is 9.47. The largest absolute Gasteiger partial charge is 0.454 e. The Morgan fingerprint density at radius 2 is 1.66 bits per heavy atom. The van der Waals surface area contributed by atoms with Gasteiger partial charge in [0.25, 0.3) is 17.7 Å². The van der Waals surface area contributed by atoms with Gasteiger partial charge < -0.3 is 10.1 Å². The monoisotopic (exact) mass is 403 g/mol. The summed E-state index contributed by atoms with van der Waals surface area (Å²) < 4.78 is 5.00. The molecule has 9 heteroatoms. The zero-order valence-corrected chi connectivity index (χ0v) is 16.7. The minimum absolute atomic E-state index is 0.0227. The Morgan fingerprint density at radius 1 is 1.07 bits per heavy atom. The molecule has 9 nitrogen and oxygen atoms in total. The van der Waals surface area contributed by atoms with Crippen LogP contribution in [-0.4, -0.2) is 53.8 Å². The molecule has 1 aliphatic rings. The normalized spacial score (nSPS) is 13.9. The highest BCUT2D eigenvalue weighted by Crippen LogP contribution is 2.27. The number of esters is 1. The Kier molecular flexibility index (Phi) is 7.46. The van der Waals surface area contributed by atoms with E-state index in [4.69, 9.17) is 4.74 Å². The van der Waals surface area contributed by atoms with E-state index in [1.165, 1.54) is 12.1 Å². The summed E-state index contributed by atoms with van der Waals surface area (Å²) in [4.78, 5) is 62.2. The van der Waals surface area contributed by atoms with Crippen molar-refractivity contribution in [1.29, 1.82) is 0 Å². The molecule has 1 aliphatic heterocycles. The van der Waals surface area contributed by atoms with Gasteiger partial charge >= 0.3 is 12.0 Å². The third kappa shape index (κ3) is 5.40. The van der Waals surface area contributed by atoms with E-state index in [0.29, 0.717) is 13.0 Å². The standard InChI is InChI=1S/C20H25N3O6/c1-4-9-21-20(28)22-16(24)11-29-19(27)15(10-12(2)3)23-17(25)13-7-5-6-8-14(13)18(23)26/h5-8,12,15H,4,9-11H2,1-3H3,(H2,21,22,24,28)/t15-/m0/s1. The van der Waals surface area contributed by atoms with Crippen LogP contribution in [0.25, 0.3) is 0 Å². The number of nitrogens with one attached hydrogen (secondary N) is 2. The molecule has 0 saturated carbocycles. The maximum absolute atomic E-state index is 12.7. The van der Waals surface area contributed by atoms with E-state index in [-0.39, 0.29) is 23.5 Å². The van der Waals surface area contributed by atoms with Gasteiger partial charge in [-0.1, -0.05) is 32.9 Å². The van der Waals surface area contributed by atoms with Crippen molar-refractivity contribution >= 4 is 29.7 Å². The molecule has 0 aliphatic carbocycles. The molecule has 0 saturated heterocycles. The van der Waals surface area contributed by atoms with Crippen LogP contribution in [0, 0.1) is 5.92 Å². The van der Waals surface area contributed by atoms with Gasteiger partial charge in [0, 0.05) is 6.54 Å². The van der Waals surface area contributed by atoms with Gasteiger partial charge in [0.05, 0.1) is 11.1 Å². The predicted octanol–water partition coefficient (Wildman–Crippen LogP) is 1.48. The molecule has 2 rings (SSSR count). The average molecular weight is 403 g/mol. The molecule has 1 atom stereocenters. The second kappa shape index (κ2) is 9.81. The number of urea groups is 1. The van der Waals surface area contributed by atoms with Crippen molar-refractivity contribution in [2.75, 3.05) is 13.2 Å². The van der Waals surface area contributed by atoms with Gasteiger partial charge in [-0.3, -0.25) is 24.6 Å². The minimum atomic E-state index is -1.16. The third-order valence-corrected chi connectivity index (χ3v) is 4.24. The van der Waals surface area contributed by atoms with Crippen LogP contribution in [0.1, 0.15) is 54.3 Å². The highest BCUT2D eigenvalue weighted by Gasteiger charge is 2.43. The lowest BCUT2D eigenvalue weighted by atomic mass is 10.0. The summed E-state index contributed by atoms with van der Waals surface area (Å²) in [5.74, 6) is -2.85. The number of nitrogens with zero attached hydrogens (tertiary/aromatic N) is 1. The van der Waals surface area contributed by atoms with Crippen LogP contribution in [0.2, 0.25) is 0 Å². The summed E-state index contributed by atoms with van der Waals surface area (Å²) in [6.07, 6.45) is 0.886. The molecule has 1 heterocycles. The number of hydrogen-bond donors (Lipinski definition) is 2. The van der Waals surface area contributed by atoms with Gasteiger partial charge in [0.2, 0.25) is 0 Å². The molecule has 0 spiro atoms. The van der Waals surface area contributed by atoms with E-state index in [2.05, 4.69) is 5.32 Å². The Morgan fingerprint density at radius 3 is 2.17 bits per heavy atom. The Labute approximate surface area is 168 Å². The summed E-state index contributed by atoms with van der Waals surface area (Å²) in [6, 6.07) is 4.47. The van der Waals surface area contributed by atoms with Gasteiger partial charge in [-0.05, 0) is 30.9 Å². The molecule has 5 amide bonds. The Bertz CT molecular complexity index is 785. The van der Waals surface area contributed by atoms with Gasteiger partial charge in [-0.15, -0.1) is 0 Å². The van der Waals surface area contributed by atoms with Crippen LogP contribution in [0.4, 0.5) is 4.79 Å². The fourth-order valence-corrected chi connectivity index (χ4v) is 2.92. The first-order valence-electron chi connectivity index (χ1n) is 9.47. The van der Waals surface area contributed by atoms with Crippen molar-refractivity contribution in [3.63, 3.8) is 0 Å². The van der Waals surface area contributed by atoms with Crippen molar-refractivity contribution in [3.05, 3.63) is 35.4 Å². The molecule has 0 unspecified atom stereocenters. The lowest BCUT2D eigenvalue weighted by molar-refractivity contribution is -0.152. The number of carbonyl (C=O) groups is 5. The number of benzene rings is 1. The lowest BCUT2D eigenvalue weighted by Gasteiger charge is -2.25. The third-order valence-electron chi connectivity index (χ3n) is 4.24. The molecule has 0 radical (unpaired) electrons. The highest BCUT2D eigenvalue weighted by molar-refractivity contribution is 6.22. The summed E-state index contributed by atoms with van der Waals surface area (Å²) in [7, 11) is 0. The van der Waals surface area contributed by atoms with Gasteiger partial charge in [-0.2, -0.15) is 0 Å². The molecule has 0 fully saturated rings. The molecule has 2 N–H and O–H groups in total. The van der Waals surface area contributed by atoms with E-state index >= 15 is 0 Å². The van der Waals surface area contributed by atoms with Gasteiger partial charge in [-0.25, -0.2) is 9.59 Å². The fourth-order valence-electron chi connectivity index (χ4n) is 2.92. The van der Waals surface area contributed by atoms with Crippen LogP contribution in [-0.2, 0) is 14.3 Å². The number of ether oxygens (including phenoxy) is 1. The zero-order chi connectivity index (χ0) is 21.6. The van der Waals surface area contributed by atoms with Crippen molar-refractivity contribution in [2.45, 2.75) is 39.7 Å². The molecular weight excluding hydrogens is 378 g/mol. The smallest absolute Gasteiger partial charge is 0.329 e. The molecule has 0 bridgehead atoms. The predicted molar refractivity (Wildman–Crippen MR) is 103 cm³/mol. The maximum atomic E-state index is 12.7. The summed E-state index contributed by atoms with van der Waals surface area (Å²) in [5.41, 5.74) is 0.453. The fraction of sp³-hybridized carbons (Fsp3) is 0.450. The number of carbonyl (C=O) groups excluding carboxylic acids is 5. The lowest BCUT2D eigenvalue weighted by Crippen LogP contribution is -2.47. The molecule has 0 aromatic heterocycles. The summed E-state index contributed by atoms with van der Waals surface area (Å²) in [5, 5.41) is 4.49. The van der Waals surface area contributed by atoms with Gasteiger partial charge in [0.15, 0.2) is 6.61 Å². The number of fused-ring (bicyclic) bond motifs is 1. The number of rotatable bonds is 8. The number of imide groups is 2. The van der Waals surface area contributed by atoms with E-state index in [9.17, 15) is 24.0 Å². The van der Waals surface area contributed by atoms with E-state index < -0.39 is 42.4 Å². The Hall–Kier alpha value is -3.23. The maximum Gasteiger partial charge on any atom is 0.329 e. The number of amides is 5. The summed E-state index contributed by atoms with van der Waals surface area (Å²) in [6.45, 7) is 5.23. The van der Waals surface area contributed by atoms with Crippen molar-refractivity contribution in [1.82, 2.24) is 15.5 Å². The van der Waals surface area contributed by atoms with Crippen LogP contribution in [0.3, 0.4) is 0 Å².